The second-order valence-corrected chi connectivity index (χ2v) is 8.00. The lowest BCUT2D eigenvalue weighted by Gasteiger charge is -2.25. The Bertz CT molecular complexity index is 928. The number of carbonyl (C=O) groups is 3. The van der Waals surface area contributed by atoms with Gasteiger partial charge >= 0.3 is 0 Å². The van der Waals surface area contributed by atoms with Crippen LogP contribution in [0.5, 0.6) is 0 Å². The first kappa shape index (κ1) is 20.1. The SMILES string of the molecule is O=C(NC(CN1CCCC1=O)c1ccccc1)c1cccc(CN2CCCC2=O)c1. The fourth-order valence-corrected chi connectivity index (χ4v) is 4.18. The van der Waals surface area contributed by atoms with Gasteiger partial charge in [-0.1, -0.05) is 42.5 Å². The highest BCUT2D eigenvalue weighted by atomic mass is 16.2. The monoisotopic (exact) mass is 405 g/mol. The molecule has 1 atom stereocenters. The molecule has 0 spiro atoms. The number of amides is 3. The van der Waals surface area contributed by atoms with Gasteiger partial charge in [0.25, 0.3) is 5.91 Å². The van der Waals surface area contributed by atoms with E-state index in [0.717, 1.165) is 37.1 Å². The summed E-state index contributed by atoms with van der Waals surface area (Å²) in [6.45, 7) is 2.51. The predicted molar refractivity (Wildman–Crippen MR) is 114 cm³/mol. The Kier molecular flexibility index (Phi) is 6.12. The maximum atomic E-state index is 13.0. The third kappa shape index (κ3) is 4.70. The summed E-state index contributed by atoms with van der Waals surface area (Å²) < 4.78 is 0. The lowest BCUT2D eigenvalue weighted by atomic mass is 10.0. The van der Waals surface area contributed by atoms with Crippen LogP contribution in [0, 0.1) is 0 Å². The van der Waals surface area contributed by atoms with E-state index < -0.39 is 0 Å². The van der Waals surface area contributed by atoms with E-state index >= 15 is 0 Å². The zero-order valence-electron chi connectivity index (χ0n) is 17.0. The van der Waals surface area contributed by atoms with Gasteiger partial charge < -0.3 is 15.1 Å². The number of hydrogen-bond acceptors (Lipinski definition) is 3. The summed E-state index contributed by atoms with van der Waals surface area (Å²) in [6.07, 6.45) is 2.94. The van der Waals surface area contributed by atoms with E-state index in [1.54, 1.807) is 6.07 Å². The Balaban J connectivity index is 1.48. The molecule has 2 fully saturated rings. The number of benzene rings is 2. The molecule has 2 saturated heterocycles. The molecule has 1 N–H and O–H groups in total. The van der Waals surface area contributed by atoms with Crippen LogP contribution < -0.4 is 5.32 Å². The predicted octanol–water partition coefficient (Wildman–Crippen LogP) is 2.90. The molecule has 0 radical (unpaired) electrons. The lowest BCUT2D eigenvalue weighted by Crippen LogP contribution is -2.38. The molecule has 156 valence electrons. The van der Waals surface area contributed by atoms with Gasteiger partial charge in [0.05, 0.1) is 6.04 Å². The highest BCUT2D eigenvalue weighted by Crippen LogP contribution is 2.20. The summed E-state index contributed by atoms with van der Waals surface area (Å²) in [5.74, 6) is 0.136. The molecule has 3 amide bonds. The van der Waals surface area contributed by atoms with Crippen molar-refractivity contribution in [2.75, 3.05) is 19.6 Å². The first-order valence-electron chi connectivity index (χ1n) is 10.6. The molecule has 6 nitrogen and oxygen atoms in total. The molecule has 0 aromatic heterocycles. The Morgan fingerprint density at radius 1 is 0.900 bits per heavy atom. The summed E-state index contributed by atoms with van der Waals surface area (Å²) in [7, 11) is 0. The summed E-state index contributed by atoms with van der Waals surface area (Å²) in [6, 6.07) is 16.9. The number of likely N-dealkylation sites (tertiary alicyclic amines) is 2. The van der Waals surface area contributed by atoms with Crippen molar-refractivity contribution in [3.8, 4) is 0 Å². The maximum Gasteiger partial charge on any atom is 0.251 e. The smallest absolute Gasteiger partial charge is 0.251 e. The van der Waals surface area contributed by atoms with Crippen LogP contribution in [0.3, 0.4) is 0 Å². The van der Waals surface area contributed by atoms with Gasteiger partial charge in [-0.15, -0.1) is 0 Å². The van der Waals surface area contributed by atoms with E-state index in [4.69, 9.17) is 0 Å². The maximum absolute atomic E-state index is 13.0. The van der Waals surface area contributed by atoms with Crippen LogP contribution in [0.25, 0.3) is 0 Å². The molecule has 2 aliphatic heterocycles. The molecule has 30 heavy (non-hydrogen) atoms. The normalized spacial score (nSPS) is 17.5. The second-order valence-electron chi connectivity index (χ2n) is 8.00. The van der Waals surface area contributed by atoms with Crippen LogP contribution in [-0.2, 0) is 16.1 Å². The van der Waals surface area contributed by atoms with Crippen LogP contribution in [0.15, 0.2) is 54.6 Å². The van der Waals surface area contributed by atoms with E-state index in [1.807, 2.05) is 58.3 Å². The molecule has 4 rings (SSSR count). The molecule has 6 heteroatoms. The topological polar surface area (TPSA) is 69.7 Å². The first-order chi connectivity index (χ1) is 14.6. The van der Waals surface area contributed by atoms with Gasteiger partial charge in [0.15, 0.2) is 0 Å². The Labute approximate surface area is 176 Å². The zero-order valence-corrected chi connectivity index (χ0v) is 17.0. The molecular weight excluding hydrogens is 378 g/mol. The van der Waals surface area contributed by atoms with Gasteiger partial charge in [0, 0.05) is 44.6 Å². The molecule has 0 saturated carbocycles. The van der Waals surface area contributed by atoms with Gasteiger partial charge in [-0.2, -0.15) is 0 Å². The van der Waals surface area contributed by atoms with Gasteiger partial charge in [-0.3, -0.25) is 14.4 Å². The minimum atomic E-state index is -0.274. The zero-order chi connectivity index (χ0) is 20.9. The van der Waals surface area contributed by atoms with Crippen LogP contribution in [0.1, 0.15) is 53.2 Å². The van der Waals surface area contributed by atoms with Gasteiger partial charge in [-0.05, 0) is 36.1 Å². The van der Waals surface area contributed by atoms with Gasteiger partial charge in [0.1, 0.15) is 0 Å². The van der Waals surface area contributed by atoms with E-state index in [1.165, 1.54) is 0 Å². The summed E-state index contributed by atoms with van der Waals surface area (Å²) in [4.78, 5) is 40.7. The third-order valence-corrected chi connectivity index (χ3v) is 5.82. The Hall–Kier alpha value is -3.15. The number of carbonyl (C=O) groups excluding carboxylic acids is 3. The van der Waals surface area contributed by atoms with E-state index in [9.17, 15) is 14.4 Å². The van der Waals surface area contributed by atoms with Crippen LogP contribution in [0.4, 0.5) is 0 Å². The highest BCUT2D eigenvalue weighted by molar-refractivity contribution is 5.94. The van der Waals surface area contributed by atoms with E-state index in [2.05, 4.69) is 5.32 Å². The van der Waals surface area contributed by atoms with Crippen molar-refractivity contribution in [3.05, 3.63) is 71.3 Å². The lowest BCUT2D eigenvalue weighted by molar-refractivity contribution is -0.128. The Morgan fingerprint density at radius 3 is 2.27 bits per heavy atom. The Morgan fingerprint density at radius 2 is 1.60 bits per heavy atom. The van der Waals surface area contributed by atoms with Crippen molar-refractivity contribution in [1.82, 2.24) is 15.1 Å². The van der Waals surface area contributed by atoms with Gasteiger partial charge in [-0.25, -0.2) is 0 Å². The number of hydrogen-bond donors (Lipinski definition) is 1. The fourth-order valence-electron chi connectivity index (χ4n) is 4.18. The van der Waals surface area contributed by atoms with Crippen molar-refractivity contribution >= 4 is 17.7 Å². The molecule has 0 bridgehead atoms. The summed E-state index contributed by atoms with van der Waals surface area (Å²) in [5, 5.41) is 3.11. The standard InChI is InChI=1S/C24H27N3O3/c28-22-11-5-13-26(22)16-18-7-4-10-20(15-18)24(30)25-21(19-8-2-1-3-9-19)17-27-14-6-12-23(27)29/h1-4,7-10,15,21H,5-6,11-14,16-17H2,(H,25,30). The molecule has 2 heterocycles. The fraction of sp³-hybridized carbons (Fsp3) is 0.375. The minimum absolute atomic E-state index is 0.141. The molecule has 2 aliphatic rings. The minimum Gasteiger partial charge on any atom is -0.343 e. The molecule has 1 unspecified atom stereocenters. The average Bonchev–Trinajstić information content (AvgIpc) is 3.36. The highest BCUT2D eigenvalue weighted by Gasteiger charge is 2.26. The number of nitrogens with one attached hydrogen (secondary N) is 1. The van der Waals surface area contributed by atoms with E-state index in [-0.39, 0.29) is 23.8 Å². The number of rotatable bonds is 7. The van der Waals surface area contributed by atoms with Crippen molar-refractivity contribution in [3.63, 3.8) is 0 Å². The third-order valence-electron chi connectivity index (χ3n) is 5.82. The largest absolute Gasteiger partial charge is 0.343 e. The average molecular weight is 405 g/mol. The summed E-state index contributed by atoms with van der Waals surface area (Å²) >= 11 is 0. The number of nitrogens with zero attached hydrogens (tertiary/aromatic N) is 2. The van der Waals surface area contributed by atoms with Crippen LogP contribution >= 0.6 is 0 Å². The first-order valence-corrected chi connectivity index (χ1v) is 10.6. The molecule has 2 aromatic carbocycles. The van der Waals surface area contributed by atoms with Crippen molar-refractivity contribution in [2.24, 2.45) is 0 Å². The van der Waals surface area contributed by atoms with Crippen molar-refractivity contribution in [1.29, 1.82) is 0 Å². The van der Waals surface area contributed by atoms with Crippen LogP contribution in [-0.4, -0.2) is 47.2 Å². The van der Waals surface area contributed by atoms with Gasteiger partial charge in [0.2, 0.25) is 11.8 Å². The molecule has 0 aliphatic carbocycles. The molecular formula is C24H27N3O3. The second kappa shape index (κ2) is 9.11. The van der Waals surface area contributed by atoms with Crippen LogP contribution in [0.2, 0.25) is 0 Å². The quantitative estimate of drug-likeness (QED) is 0.770. The molecule has 2 aromatic rings. The van der Waals surface area contributed by atoms with Crippen molar-refractivity contribution in [2.45, 2.75) is 38.3 Å². The van der Waals surface area contributed by atoms with E-state index in [0.29, 0.717) is 31.5 Å². The van der Waals surface area contributed by atoms with Crippen molar-refractivity contribution < 1.29 is 14.4 Å². The summed E-state index contributed by atoms with van der Waals surface area (Å²) in [5.41, 5.74) is 2.49.